The molecular weight excluding hydrogens is 480 g/mol. The number of benzene rings is 3. The molecule has 0 radical (unpaired) electrons. The standard InChI is InChI=1S/C27H21F6N3/c1-3-20-16(2)5-4-6-23(20)36-25-14-24(34-15-35-25)21-12-11-19(27(31,32)33)13-22(21)17-7-9-18(10-8-17)26(28,29)30/h4-15H,3H2,1-2H3,(H,34,35,36). The van der Waals surface area contributed by atoms with Gasteiger partial charge < -0.3 is 5.32 Å². The number of hydrogen-bond donors (Lipinski definition) is 1. The predicted octanol–water partition coefficient (Wildman–Crippen LogP) is 8.46. The third-order valence-electron chi connectivity index (χ3n) is 5.84. The summed E-state index contributed by atoms with van der Waals surface area (Å²) in [6.45, 7) is 4.02. The van der Waals surface area contributed by atoms with Gasteiger partial charge >= 0.3 is 12.4 Å². The molecular formula is C27H21F6N3. The highest BCUT2D eigenvalue weighted by molar-refractivity contribution is 5.83. The van der Waals surface area contributed by atoms with Crippen molar-refractivity contribution in [3.8, 4) is 22.4 Å². The van der Waals surface area contributed by atoms with Crippen LogP contribution in [-0.4, -0.2) is 9.97 Å². The minimum absolute atomic E-state index is 0.105. The van der Waals surface area contributed by atoms with E-state index in [1.165, 1.54) is 12.4 Å². The number of nitrogens with one attached hydrogen (secondary N) is 1. The van der Waals surface area contributed by atoms with E-state index in [2.05, 4.69) is 15.3 Å². The molecule has 4 rings (SSSR count). The van der Waals surface area contributed by atoms with Gasteiger partial charge in [0.15, 0.2) is 0 Å². The quantitative estimate of drug-likeness (QED) is 0.279. The number of aryl methyl sites for hydroxylation is 1. The van der Waals surface area contributed by atoms with Gasteiger partial charge in [-0.3, -0.25) is 0 Å². The van der Waals surface area contributed by atoms with Crippen molar-refractivity contribution in [3.63, 3.8) is 0 Å². The lowest BCUT2D eigenvalue weighted by atomic mass is 9.94. The molecule has 0 fully saturated rings. The number of nitrogens with zero attached hydrogens (tertiary/aromatic N) is 2. The van der Waals surface area contributed by atoms with Gasteiger partial charge in [-0.25, -0.2) is 9.97 Å². The fourth-order valence-corrected chi connectivity index (χ4v) is 4.02. The van der Waals surface area contributed by atoms with E-state index in [0.29, 0.717) is 17.1 Å². The normalized spacial score (nSPS) is 12.0. The van der Waals surface area contributed by atoms with Gasteiger partial charge in [0.2, 0.25) is 0 Å². The molecule has 0 saturated carbocycles. The second-order valence-corrected chi connectivity index (χ2v) is 8.20. The molecule has 0 saturated heterocycles. The summed E-state index contributed by atoms with van der Waals surface area (Å²) in [5.41, 5.74) is 2.19. The highest BCUT2D eigenvalue weighted by Crippen LogP contribution is 2.39. The highest BCUT2D eigenvalue weighted by atomic mass is 19.4. The van der Waals surface area contributed by atoms with Gasteiger partial charge in [-0.2, -0.15) is 26.3 Å². The first-order valence-electron chi connectivity index (χ1n) is 11.0. The maximum Gasteiger partial charge on any atom is 0.416 e. The third-order valence-corrected chi connectivity index (χ3v) is 5.84. The Balaban J connectivity index is 1.80. The molecule has 0 bridgehead atoms. The summed E-state index contributed by atoms with van der Waals surface area (Å²) in [7, 11) is 0. The van der Waals surface area contributed by atoms with Gasteiger partial charge in [0.05, 0.1) is 16.8 Å². The Labute approximate surface area is 203 Å². The van der Waals surface area contributed by atoms with Crippen molar-refractivity contribution in [1.82, 2.24) is 9.97 Å². The van der Waals surface area contributed by atoms with E-state index in [1.54, 1.807) is 6.07 Å². The van der Waals surface area contributed by atoms with Crippen LogP contribution in [0.3, 0.4) is 0 Å². The van der Waals surface area contributed by atoms with Gasteiger partial charge in [0.1, 0.15) is 12.1 Å². The summed E-state index contributed by atoms with van der Waals surface area (Å²) in [5.74, 6) is 0.429. The first-order valence-corrected chi connectivity index (χ1v) is 11.0. The van der Waals surface area contributed by atoms with Crippen LogP contribution in [0, 0.1) is 6.92 Å². The van der Waals surface area contributed by atoms with Crippen molar-refractivity contribution in [2.45, 2.75) is 32.6 Å². The largest absolute Gasteiger partial charge is 0.416 e. The Bertz CT molecular complexity index is 1380. The Morgan fingerprint density at radius 2 is 1.42 bits per heavy atom. The van der Waals surface area contributed by atoms with E-state index in [1.807, 2.05) is 32.0 Å². The van der Waals surface area contributed by atoms with Gasteiger partial charge in [0.25, 0.3) is 0 Å². The van der Waals surface area contributed by atoms with E-state index < -0.39 is 23.5 Å². The van der Waals surface area contributed by atoms with Gasteiger partial charge in [-0.1, -0.05) is 37.3 Å². The van der Waals surface area contributed by atoms with Crippen LogP contribution in [0.4, 0.5) is 37.8 Å². The van der Waals surface area contributed by atoms with Crippen LogP contribution in [-0.2, 0) is 18.8 Å². The summed E-state index contributed by atoms with van der Waals surface area (Å²) < 4.78 is 79.4. The second-order valence-electron chi connectivity index (χ2n) is 8.20. The van der Waals surface area contributed by atoms with Crippen LogP contribution in [0.5, 0.6) is 0 Å². The van der Waals surface area contributed by atoms with Gasteiger partial charge in [-0.15, -0.1) is 0 Å². The molecule has 0 atom stereocenters. The first kappa shape index (κ1) is 25.2. The molecule has 1 N–H and O–H groups in total. The minimum Gasteiger partial charge on any atom is -0.340 e. The van der Waals surface area contributed by atoms with E-state index in [0.717, 1.165) is 59.6 Å². The van der Waals surface area contributed by atoms with Crippen LogP contribution in [0.1, 0.15) is 29.2 Å². The number of aromatic nitrogens is 2. The molecule has 4 aromatic rings. The minimum atomic E-state index is -4.63. The van der Waals surface area contributed by atoms with Crippen LogP contribution in [0.2, 0.25) is 0 Å². The van der Waals surface area contributed by atoms with Crippen molar-refractivity contribution >= 4 is 11.5 Å². The lowest BCUT2D eigenvalue weighted by Gasteiger charge is -2.16. The SMILES string of the molecule is CCc1c(C)cccc1Nc1cc(-c2ccc(C(F)(F)F)cc2-c2ccc(C(F)(F)F)cc2)ncn1. The zero-order chi connectivity index (χ0) is 26.1. The van der Waals surface area contributed by atoms with Crippen molar-refractivity contribution in [3.05, 3.63) is 95.3 Å². The monoisotopic (exact) mass is 501 g/mol. The molecule has 0 spiro atoms. The fraction of sp³-hybridized carbons (Fsp3) is 0.185. The van der Waals surface area contributed by atoms with E-state index >= 15 is 0 Å². The second kappa shape index (κ2) is 9.64. The zero-order valence-corrected chi connectivity index (χ0v) is 19.3. The molecule has 1 heterocycles. The fourth-order valence-electron chi connectivity index (χ4n) is 4.02. The number of halogens is 6. The summed E-state index contributed by atoms with van der Waals surface area (Å²) in [4.78, 5) is 8.47. The van der Waals surface area contributed by atoms with Crippen molar-refractivity contribution in [2.24, 2.45) is 0 Å². The average Bonchev–Trinajstić information content (AvgIpc) is 2.83. The maximum atomic E-state index is 13.5. The number of hydrogen-bond acceptors (Lipinski definition) is 3. The highest BCUT2D eigenvalue weighted by Gasteiger charge is 2.32. The lowest BCUT2D eigenvalue weighted by molar-refractivity contribution is -0.138. The zero-order valence-electron chi connectivity index (χ0n) is 19.3. The molecule has 0 amide bonds. The topological polar surface area (TPSA) is 37.8 Å². The summed E-state index contributed by atoms with van der Waals surface area (Å²) in [6.07, 6.45) is -7.12. The summed E-state index contributed by atoms with van der Waals surface area (Å²) >= 11 is 0. The predicted molar refractivity (Wildman–Crippen MR) is 127 cm³/mol. The lowest BCUT2D eigenvalue weighted by Crippen LogP contribution is -2.06. The van der Waals surface area contributed by atoms with Gasteiger partial charge in [0, 0.05) is 17.3 Å². The molecule has 36 heavy (non-hydrogen) atoms. The smallest absolute Gasteiger partial charge is 0.340 e. The average molecular weight is 501 g/mol. The van der Waals surface area contributed by atoms with Crippen LogP contribution < -0.4 is 5.32 Å². The van der Waals surface area contributed by atoms with Crippen molar-refractivity contribution < 1.29 is 26.3 Å². The molecule has 186 valence electrons. The number of anilines is 2. The Hall–Kier alpha value is -3.88. The summed E-state index contributed by atoms with van der Waals surface area (Å²) in [6, 6.07) is 14.5. The Kier molecular flexibility index (Phi) is 6.75. The van der Waals surface area contributed by atoms with Crippen LogP contribution >= 0.6 is 0 Å². The van der Waals surface area contributed by atoms with E-state index in [4.69, 9.17) is 0 Å². The molecule has 3 nitrogen and oxygen atoms in total. The van der Waals surface area contributed by atoms with Crippen LogP contribution in [0.15, 0.2) is 73.1 Å². The maximum absolute atomic E-state index is 13.5. The number of alkyl halides is 6. The van der Waals surface area contributed by atoms with Crippen LogP contribution in [0.25, 0.3) is 22.4 Å². The first-order chi connectivity index (χ1) is 17.0. The van der Waals surface area contributed by atoms with Crippen molar-refractivity contribution in [1.29, 1.82) is 0 Å². The van der Waals surface area contributed by atoms with Gasteiger partial charge in [-0.05, 0) is 65.9 Å². The molecule has 0 aliphatic rings. The van der Waals surface area contributed by atoms with E-state index in [9.17, 15) is 26.3 Å². The molecule has 3 aromatic carbocycles. The molecule has 0 aliphatic heterocycles. The van der Waals surface area contributed by atoms with Crippen molar-refractivity contribution in [2.75, 3.05) is 5.32 Å². The molecule has 0 unspecified atom stereocenters. The third kappa shape index (κ3) is 5.35. The Morgan fingerprint density at radius 3 is 2.06 bits per heavy atom. The Morgan fingerprint density at radius 1 is 0.750 bits per heavy atom. The molecule has 0 aliphatic carbocycles. The van der Waals surface area contributed by atoms with E-state index in [-0.39, 0.29) is 11.1 Å². The number of rotatable bonds is 5. The molecule has 9 heteroatoms. The summed E-state index contributed by atoms with van der Waals surface area (Å²) in [5, 5.41) is 3.24. The molecule has 1 aromatic heterocycles.